The van der Waals surface area contributed by atoms with E-state index in [0.717, 1.165) is 40.9 Å². The molecule has 144 valence electrons. The van der Waals surface area contributed by atoms with Crippen molar-refractivity contribution in [2.45, 2.75) is 45.4 Å². The van der Waals surface area contributed by atoms with Crippen LogP contribution >= 0.6 is 15.9 Å². The number of para-hydroxylation sites is 2. The van der Waals surface area contributed by atoms with E-state index >= 15 is 0 Å². The van der Waals surface area contributed by atoms with Gasteiger partial charge in [-0.2, -0.15) is 0 Å². The molecule has 27 heavy (non-hydrogen) atoms. The third-order valence-electron chi connectivity index (χ3n) is 5.24. The number of anilines is 2. The quantitative estimate of drug-likeness (QED) is 0.642. The van der Waals surface area contributed by atoms with Crippen LogP contribution in [-0.4, -0.2) is 22.9 Å². The van der Waals surface area contributed by atoms with Crippen LogP contribution in [-0.2, 0) is 11.2 Å². The van der Waals surface area contributed by atoms with Crippen LogP contribution in [0.25, 0.3) is 0 Å². The van der Waals surface area contributed by atoms with E-state index in [0.29, 0.717) is 24.2 Å². The molecule has 1 aliphatic carbocycles. The Labute approximate surface area is 169 Å². The van der Waals surface area contributed by atoms with Crippen molar-refractivity contribution in [3.8, 4) is 5.75 Å². The standard InChI is InChI=1S/C21H26BrN3O2/c1-14(26)11-15-7-3-4-8-16(15)12-19-17(22)13-23-21(25-19)24-18-9-5-6-10-20(18)27-2/h5-6,9-10,13,15-16H,3-4,7-8,11-12H2,1-2H3,(H,23,24,25)/t15-,16-/m0/s1. The highest BCUT2D eigenvalue weighted by molar-refractivity contribution is 9.10. The number of ether oxygens (including phenoxy) is 1. The number of nitrogens with zero attached hydrogens (tertiary/aromatic N) is 2. The van der Waals surface area contributed by atoms with E-state index in [-0.39, 0.29) is 5.78 Å². The number of aromatic nitrogens is 2. The number of hydrogen-bond acceptors (Lipinski definition) is 5. The largest absolute Gasteiger partial charge is 0.495 e. The van der Waals surface area contributed by atoms with Gasteiger partial charge in [-0.1, -0.05) is 25.0 Å². The highest BCUT2D eigenvalue weighted by Crippen LogP contribution is 2.36. The van der Waals surface area contributed by atoms with Gasteiger partial charge in [-0.15, -0.1) is 0 Å². The predicted octanol–water partition coefficient (Wildman–Crippen LogP) is 5.32. The van der Waals surface area contributed by atoms with Crippen molar-refractivity contribution in [1.29, 1.82) is 0 Å². The number of nitrogens with one attached hydrogen (secondary N) is 1. The zero-order valence-electron chi connectivity index (χ0n) is 15.9. The molecular formula is C21H26BrN3O2. The van der Waals surface area contributed by atoms with Gasteiger partial charge < -0.3 is 14.8 Å². The van der Waals surface area contributed by atoms with E-state index in [2.05, 4.69) is 26.2 Å². The van der Waals surface area contributed by atoms with Gasteiger partial charge in [0.1, 0.15) is 11.5 Å². The Hall–Kier alpha value is -1.95. The summed E-state index contributed by atoms with van der Waals surface area (Å²) in [5.41, 5.74) is 1.82. The van der Waals surface area contributed by atoms with Crippen molar-refractivity contribution in [1.82, 2.24) is 9.97 Å². The zero-order valence-corrected chi connectivity index (χ0v) is 17.5. The first kappa shape index (κ1) is 19.8. The minimum Gasteiger partial charge on any atom is -0.495 e. The van der Waals surface area contributed by atoms with Gasteiger partial charge in [-0.25, -0.2) is 9.97 Å². The second kappa shape index (κ2) is 9.31. The molecule has 1 N–H and O–H groups in total. The Morgan fingerprint density at radius 1 is 1.26 bits per heavy atom. The van der Waals surface area contributed by atoms with E-state index in [1.807, 2.05) is 24.3 Å². The number of ketones is 1. The summed E-state index contributed by atoms with van der Waals surface area (Å²) in [5, 5.41) is 3.25. The summed E-state index contributed by atoms with van der Waals surface area (Å²) in [6.45, 7) is 1.70. The normalized spacial score (nSPS) is 19.5. The first-order valence-corrected chi connectivity index (χ1v) is 10.3. The minimum absolute atomic E-state index is 0.284. The molecule has 2 aromatic rings. The lowest BCUT2D eigenvalue weighted by Gasteiger charge is -2.31. The number of carbonyl (C=O) groups excluding carboxylic acids is 1. The number of rotatable bonds is 7. The molecule has 1 aliphatic rings. The molecule has 0 saturated heterocycles. The molecule has 5 nitrogen and oxygen atoms in total. The van der Waals surface area contributed by atoms with Crippen molar-refractivity contribution in [3.63, 3.8) is 0 Å². The molecule has 0 unspecified atom stereocenters. The summed E-state index contributed by atoms with van der Waals surface area (Å²) in [7, 11) is 1.65. The van der Waals surface area contributed by atoms with E-state index < -0.39 is 0 Å². The zero-order chi connectivity index (χ0) is 19.2. The maximum absolute atomic E-state index is 11.6. The molecule has 0 amide bonds. The average molecular weight is 432 g/mol. The smallest absolute Gasteiger partial charge is 0.227 e. The molecule has 1 heterocycles. The van der Waals surface area contributed by atoms with Crippen LogP contribution in [0.4, 0.5) is 11.6 Å². The maximum Gasteiger partial charge on any atom is 0.227 e. The van der Waals surface area contributed by atoms with Gasteiger partial charge in [0.2, 0.25) is 5.95 Å². The molecule has 3 rings (SSSR count). The third-order valence-corrected chi connectivity index (χ3v) is 5.90. The topological polar surface area (TPSA) is 64.1 Å². The van der Waals surface area contributed by atoms with Crippen LogP contribution in [0, 0.1) is 11.8 Å². The van der Waals surface area contributed by atoms with Gasteiger partial charge in [-0.05, 0) is 66.1 Å². The second-order valence-corrected chi connectivity index (χ2v) is 8.08. The first-order chi connectivity index (χ1) is 13.1. The van der Waals surface area contributed by atoms with E-state index in [9.17, 15) is 4.79 Å². The molecule has 1 aromatic carbocycles. The van der Waals surface area contributed by atoms with Crippen LogP contribution in [0.3, 0.4) is 0 Å². The molecule has 1 aromatic heterocycles. The minimum atomic E-state index is 0.284. The summed E-state index contributed by atoms with van der Waals surface area (Å²) in [6.07, 6.45) is 8.08. The summed E-state index contributed by atoms with van der Waals surface area (Å²) >= 11 is 3.60. The number of methoxy groups -OCH3 is 1. The van der Waals surface area contributed by atoms with Crippen molar-refractivity contribution in [2.75, 3.05) is 12.4 Å². The lowest BCUT2D eigenvalue weighted by Crippen LogP contribution is -2.24. The van der Waals surface area contributed by atoms with Crippen molar-refractivity contribution >= 4 is 33.3 Å². The highest BCUT2D eigenvalue weighted by atomic mass is 79.9. The van der Waals surface area contributed by atoms with Gasteiger partial charge in [0.05, 0.1) is 23.0 Å². The lowest BCUT2D eigenvalue weighted by atomic mass is 9.75. The molecule has 0 bridgehead atoms. The van der Waals surface area contributed by atoms with Crippen molar-refractivity contribution in [3.05, 3.63) is 40.6 Å². The van der Waals surface area contributed by atoms with Gasteiger partial charge >= 0.3 is 0 Å². The lowest BCUT2D eigenvalue weighted by molar-refractivity contribution is -0.118. The first-order valence-electron chi connectivity index (χ1n) is 9.47. The van der Waals surface area contributed by atoms with Crippen LogP contribution in [0.2, 0.25) is 0 Å². The molecule has 0 radical (unpaired) electrons. The van der Waals surface area contributed by atoms with Crippen LogP contribution < -0.4 is 10.1 Å². The Kier molecular flexibility index (Phi) is 6.83. The van der Waals surface area contributed by atoms with Crippen molar-refractivity contribution < 1.29 is 9.53 Å². The Morgan fingerprint density at radius 2 is 2.00 bits per heavy atom. The molecule has 1 saturated carbocycles. The number of Topliss-reactive ketones (excluding diaryl/α,β-unsaturated/α-hetero) is 1. The van der Waals surface area contributed by atoms with Gasteiger partial charge in [0, 0.05) is 12.6 Å². The number of benzene rings is 1. The summed E-state index contributed by atoms with van der Waals surface area (Å²) in [4.78, 5) is 20.8. The summed E-state index contributed by atoms with van der Waals surface area (Å²) in [6, 6.07) is 7.71. The summed E-state index contributed by atoms with van der Waals surface area (Å²) in [5.74, 6) is 2.54. The highest BCUT2D eigenvalue weighted by Gasteiger charge is 2.27. The average Bonchev–Trinajstić information content (AvgIpc) is 2.66. The van der Waals surface area contributed by atoms with Crippen LogP contribution in [0.15, 0.2) is 34.9 Å². The Morgan fingerprint density at radius 3 is 2.74 bits per heavy atom. The fraction of sp³-hybridized carbons (Fsp3) is 0.476. The van der Waals surface area contributed by atoms with E-state index in [1.54, 1.807) is 20.2 Å². The fourth-order valence-corrected chi connectivity index (χ4v) is 4.27. The van der Waals surface area contributed by atoms with Crippen molar-refractivity contribution in [2.24, 2.45) is 11.8 Å². The monoisotopic (exact) mass is 431 g/mol. The van der Waals surface area contributed by atoms with Gasteiger partial charge in [-0.3, -0.25) is 0 Å². The van der Waals surface area contributed by atoms with Crippen LogP contribution in [0.5, 0.6) is 5.75 Å². The van der Waals surface area contributed by atoms with Gasteiger partial charge in [0.15, 0.2) is 0 Å². The maximum atomic E-state index is 11.6. The predicted molar refractivity (Wildman–Crippen MR) is 110 cm³/mol. The number of halogens is 1. The molecule has 0 aliphatic heterocycles. The molecule has 0 spiro atoms. The molecule has 2 atom stereocenters. The Bertz CT molecular complexity index is 797. The van der Waals surface area contributed by atoms with E-state index in [4.69, 9.17) is 9.72 Å². The molecule has 1 fully saturated rings. The third kappa shape index (κ3) is 5.28. The van der Waals surface area contributed by atoms with E-state index in [1.165, 1.54) is 12.8 Å². The second-order valence-electron chi connectivity index (χ2n) is 7.23. The summed E-state index contributed by atoms with van der Waals surface area (Å²) < 4.78 is 6.30. The number of carbonyl (C=O) groups is 1. The Balaban J connectivity index is 1.77. The van der Waals surface area contributed by atoms with Crippen LogP contribution in [0.1, 0.15) is 44.7 Å². The fourth-order valence-electron chi connectivity index (χ4n) is 3.91. The number of hydrogen-bond donors (Lipinski definition) is 1. The molecular weight excluding hydrogens is 406 g/mol. The van der Waals surface area contributed by atoms with Gasteiger partial charge in [0.25, 0.3) is 0 Å². The SMILES string of the molecule is COc1ccccc1Nc1ncc(Br)c(C[C@@H]2CCCC[C@H]2CC(C)=O)n1. The molecule has 6 heteroatoms.